The Hall–Kier alpha value is -3.08. The fraction of sp³-hybridized carbons (Fsp3) is 0.304. The van der Waals surface area contributed by atoms with Gasteiger partial charge in [-0.05, 0) is 49.1 Å². The Bertz CT molecular complexity index is 910. The second-order valence-electron chi connectivity index (χ2n) is 7.10. The molecule has 0 spiro atoms. The number of hydrazone groups is 1. The van der Waals surface area contributed by atoms with E-state index in [4.69, 9.17) is 14.9 Å². The molecular formula is C23H26N4O. The van der Waals surface area contributed by atoms with Gasteiger partial charge in [0.2, 0.25) is 0 Å². The zero-order valence-electron chi connectivity index (χ0n) is 16.3. The Morgan fingerprint density at radius 2 is 1.75 bits per heavy atom. The standard InChI is InChI=1S/C23H26N4O/c1-28-22-12-10-20(11-13-22)23-21(16-24-26-14-6-3-7-15-26)18-27(25-23)17-19-8-4-2-5-9-19/h2,4-5,8-13,16,18H,3,6-7,14-15,17H2,1H3/b24-16-. The predicted molar refractivity (Wildman–Crippen MR) is 113 cm³/mol. The molecule has 1 aliphatic rings. The highest BCUT2D eigenvalue weighted by molar-refractivity contribution is 5.88. The molecule has 28 heavy (non-hydrogen) atoms. The van der Waals surface area contributed by atoms with Gasteiger partial charge in [-0.2, -0.15) is 10.2 Å². The fourth-order valence-corrected chi connectivity index (χ4v) is 3.49. The minimum absolute atomic E-state index is 0.738. The first-order valence-corrected chi connectivity index (χ1v) is 9.86. The van der Waals surface area contributed by atoms with Gasteiger partial charge < -0.3 is 4.74 Å². The van der Waals surface area contributed by atoms with Crippen molar-refractivity contribution in [1.29, 1.82) is 0 Å². The maximum absolute atomic E-state index is 5.29. The molecule has 0 amide bonds. The Kier molecular flexibility index (Phi) is 5.71. The summed E-state index contributed by atoms with van der Waals surface area (Å²) in [4.78, 5) is 0. The maximum atomic E-state index is 5.29. The molecule has 4 rings (SSSR count). The number of hydrogen-bond acceptors (Lipinski definition) is 4. The summed E-state index contributed by atoms with van der Waals surface area (Å²) < 4.78 is 7.28. The molecule has 0 saturated carbocycles. The normalized spacial score (nSPS) is 14.5. The number of hydrogen-bond donors (Lipinski definition) is 0. The van der Waals surface area contributed by atoms with E-state index in [1.54, 1.807) is 7.11 Å². The third kappa shape index (κ3) is 4.42. The molecule has 0 unspecified atom stereocenters. The van der Waals surface area contributed by atoms with Gasteiger partial charge >= 0.3 is 0 Å². The topological polar surface area (TPSA) is 42.6 Å². The molecule has 2 aromatic carbocycles. The number of aromatic nitrogens is 2. The average Bonchev–Trinajstić information content (AvgIpc) is 3.16. The van der Waals surface area contributed by atoms with Gasteiger partial charge in [0.15, 0.2) is 0 Å². The van der Waals surface area contributed by atoms with E-state index < -0.39 is 0 Å². The van der Waals surface area contributed by atoms with E-state index in [0.29, 0.717) is 0 Å². The van der Waals surface area contributed by atoms with Crippen LogP contribution in [0.15, 0.2) is 65.9 Å². The molecule has 5 heteroatoms. The third-order valence-electron chi connectivity index (χ3n) is 5.03. The largest absolute Gasteiger partial charge is 0.497 e. The van der Waals surface area contributed by atoms with Crippen LogP contribution < -0.4 is 4.74 Å². The van der Waals surface area contributed by atoms with Crippen LogP contribution in [0.5, 0.6) is 5.75 Å². The number of ether oxygens (including phenoxy) is 1. The average molecular weight is 374 g/mol. The van der Waals surface area contributed by atoms with Crippen LogP contribution in [0.1, 0.15) is 30.4 Å². The minimum Gasteiger partial charge on any atom is -0.497 e. The molecule has 0 aliphatic carbocycles. The van der Waals surface area contributed by atoms with E-state index in [0.717, 1.165) is 42.2 Å². The van der Waals surface area contributed by atoms with Crippen LogP contribution in [-0.4, -0.2) is 41.2 Å². The van der Waals surface area contributed by atoms with Crippen molar-refractivity contribution in [1.82, 2.24) is 14.8 Å². The van der Waals surface area contributed by atoms with Crippen molar-refractivity contribution in [3.63, 3.8) is 0 Å². The van der Waals surface area contributed by atoms with E-state index in [1.165, 1.54) is 24.8 Å². The van der Waals surface area contributed by atoms with Crippen LogP contribution in [-0.2, 0) is 6.54 Å². The minimum atomic E-state index is 0.738. The molecule has 144 valence electrons. The molecule has 3 aromatic rings. The Morgan fingerprint density at radius 1 is 1.00 bits per heavy atom. The van der Waals surface area contributed by atoms with Crippen molar-refractivity contribution < 1.29 is 4.74 Å². The van der Waals surface area contributed by atoms with Crippen LogP contribution in [0.25, 0.3) is 11.3 Å². The van der Waals surface area contributed by atoms with Gasteiger partial charge in [-0.15, -0.1) is 0 Å². The summed E-state index contributed by atoms with van der Waals surface area (Å²) in [7, 11) is 1.68. The van der Waals surface area contributed by atoms with Crippen LogP contribution in [0, 0.1) is 0 Å². The molecule has 1 fully saturated rings. The van der Waals surface area contributed by atoms with Crippen molar-refractivity contribution in [2.75, 3.05) is 20.2 Å². The van der Waals surface area contributed by atoms with Gasteiger partial charge in [-0.1, -0.05) is 30.3 Å². The highest BCUT2D eigenvalue weighted by Gasteiger charge is 2.12. The van der Waals surface area contributed by atoms with Crippen LogP contribution >= 0.6 is 0 Å². The first-order valence-electron chi connectivity index (χ1n) is 9.86. The van der Waals surface area contributed by atoms with Crippen LogP contribution in [0.3, 0.4) is 0 Å². The lowest BCUT2D eigenvalue weighted by Crippen LogP contribution is -2.24. The summed E-state index contributed by atoms with van der Waals surface area (Å²) in [6, 6.07) is 18.4. The molecule has 5 nitrogen and oxygen atoms in total. The van der Waals surface area contributed by atoms with Gasteiger partial charge in [0.05, 0.1) is 19.9 Å². The zero-order valence-corrected chi connectivity index (χ0v) is 16.3. The molecule has 0 radical (unpaired) electrons. The van der Waals surface area contributed by atoms with E-state index in [2.05, 4.69) is 35.5 Å². The number of piperidine rings is 1. The van der Waals surface area contributed by atoms with Crippen molar-refractivity contribution in [2.24, 2.45) is 5.10 Å². The van der Waals surface area contributed by atoms with Gasteiger partial charge in [0, 0.05) is 30.4 Å². The van der Waals surface area contributed by atoms with Crippen molar-refractivity contribution in [3.8, 4) is 17.0 Å². The molecule has 1 aliphatic heterocycles. The van der Waals surface area contributed by atoms with E-state index >= 15 is 0 Å². The second kappa shape index (κ2) is 8.74. The number of rotatable bonds is 6. The molecule has 2 heterocycles. The van der Waals surface area contributed by atoms with Gasteiger partial charge in [0.1, 0.15) is 11.4 Å². The van der Waals surface area contributed by atoms with Crippen molar-refractivity contribution in [2.45, 2.75) is 25.8 Å². The third-order valence-corrected chi connectivity index (χ3v) is 5.03. The molecule has 1 aromatic heterocycles. The fourth-order valence-electron chi connectivity index (χ4n) is 3.49. The Labute approximate surface area is 166 Å². The smallest absolute Gasteiger partial charge is 0.118 e. The first kappa shape index (κ1) is 18.3. The van der Waals surface area contributed by atoms with E-state index in [-0.39, 0.29) is 0 Å². The highest BCUT2D eigenvalue weighted by Crippen LogP contribution is 2.24. The first-order chi connectivity index (χ1) is 13.8. The SMILES string of the molecule is COc1ccc(-c2nn(Cc3ccccc3)cc2/C=N\N2CCCCC2)cc1. The Morgan fingerprint density at radius 3 is 2.46 bits per heavy atom. The maximum Gasteiger partial charge on any atom is 0.118 e. The van der Waals surface area contributed by atoms with E-state index in [9.17, 15) is 0 Å². The lowest BCUT2D eigenvalue weighted by Gasteiger charge is -2.23. The number of nitrogens with zero attached hydrogens (tertiary/aromatic N) is 4. The number of benzene rings is 2. The summed E-state index contributed by atoms with van der Waals surface area (Å²) in [6.07, 6.45) is 7.78. The molecule has 0 N–H and O–H groups in total. The highest BCUT2D eigenvalue weighted by atomic mass is 16.5. The summed E-state index contributed by atoms with van der Waals surface area (Å²) in [5.41, 5.74) is 4.27. The summed E-state index contributed by atoms with van der Waals surface area (Å²) in [6.45, 7) is 2.81. The zero-order chi connectivity index (χ0) is 19.2. The predicted octanol–water partition coefficient (Wildman–Crippen LogP) is 4.43. The summed E-state index contributed by atoms with van der Waals surface area (Å²) in [5, 5.41) is 11.7. The monoisotopic (exact) mass is 374 g/mol. The van der Waals surface area contributed by atoms with Crippen LogP contribution in [0.4, 0.5) is 0 Å². The van der Waals surface area contributed by atoms with Crippen molar-refractivity contribution >= 4 is 6.21 Å². The quantitative estimate of drug-likeness (QED) is 0.600. The summed E-state index contributed by atoms with van der Waals surface area (Å²) >= 11 is 0. The lowest BCUT2D eigenvalue weighted by atomic mass is 10.1. The van der Waals surface area contributed by atoms with Gasteiger partial charge in [-0.3, -0.25) is 9.69 Å². The van der Waals surface area contributed by atoms with Crippen LogP contribution in [0.2, 0.25) is 0 Å². The molecular weight excluding hydrogens is 348 g/mol. The van der Waals surface area contributed by atoms with Gasteiger partial charge in [0.25, 0.3) is 0 Å². The second-order valence-corrected chi connectivity index (χ2v) is 7.10. The molecule has 0 atom stereocenters. The Balaban J connectivity index is 1.63. The van der Waals surface area contributed by atoms with Crippen molar-refractivity contribution in [3.05, 3.63) is 71.9 Å². The number of methoxy groups -OCH3 is 1. The van der Waals surface area contributed by atoms with E-state index in [1.807, 2.05) is 41.2 Å². The lowest BCUT2D eigenvalue weighted by molar-refractivity contribution is 0.240. The van der Waals surface area contributed by atoms with Gasteiger partial charge in [-0.25, -0.2) is 0 Å². The summed E-state index contributed by atoms with van der Waals surface area (Å²) in [5.74, 6) is 0.844. The molecule has 0 bridgehead atoms. The molecule has 1 saturated heterocycles.